The molecular weight excluding hydrogens is 281 g/mol. The normalized spacial score (nSPS) is 10.3. The second-order valence-corrected chi connectivity index (χ2v) is 3.90. The number of anilines is 1. The van der Waals surface area contributed by atoms with Crippen LogP contribution in [0.1, 0.15) is 15.9 Å². The van der Waals surface area contributed by atoms with E-state index in [4.69, 9.17) is 0 Å². The van der Waals surface area contributed by atoms with Crippen LogP contribution in [0.25, 0.3) is 0 Å². The Morgan fingerprint density at radius 2 is 1.48 bits per heavy atom. The highest BCUT2D eigenvalue weighted by Gasteiger charge is 2.30. The second-order valence-electron chi connectivity index (χ2n) is 3.90. The van der Waals surface area contributed by atoms with E-state index in [1.165, 1.54) is 7.05 Å². The molecule has 112 valence electrons. The van der Waals surface area contributed by atoms with Gasteiger partial charge in [-0.1, -0.05) is 18.2 Å². The van der Waals surface area contributed by atoms with Gasteiger partial charge in [-0.15, -0.1) is 0 Å². The first-order chi connectivity index (χ1) is 9.97. The summed E-state index contributed by atoms with van der Waals surface area (Å²) in [7, 11) is 1.50. The van der Waals surface area contributed by atoms with Crippen LogP contribution < -0.4 is 11.1 Å². The molecule has 2 aromatic rings. The van der Waals surface area contributed by atoms with Gasteiger partial charge in [-0.3, -0.25) is 4.79 Å². The zero-order chi connectivity index (χ0) is 15.9. The predicted octanol–water partition coefficient (Wildman–Crippen LogP) is 3.53. The third-order valence-corrected chi connectivity index (χ3v) is 2.51. The number of nitrogens with two attached hydrogens (primary N) is 1. The maximum atomic E-state index is 12.4. The molecule has 0 heterocycles. The molecule has 0 aliphatic carbocycles. The number of hydrogen-bond acceptors (Lipinski definition) is 2. The van der Waals surface area contributed by atoms with E-state index in [2.05, 4.69) is 11.1 Å². The second kappa shape index (κ2) is 7.44. The largest absolute Gasteiger partial charge is 0.416 e. The van der Waals surface area contributed by atoms with Gasteiger partial charge in [0.15, 0.2) is 0 Å². The van der Waals surface area contributed by atoms with Crippen molar-refractivity contribution in [2.75, 3.05) is 12.4 Å². The van der Waals surface area contributed by atoms with Crippen LogP contribution in [0.4, 0.5) is 18.9 Å². The van der Waals surface area contributed by atoms with Crippen LogP contribution in [0.5, 0.6) is 0 Å². The Bertz CT molecular complexity index is 566. The quantitative estimate of drug-likeness (QED) is 0.890. The molecule has 0 aliphatic rings. The van der Waals surface area contributed by atoms with E-state index >= 15 is 0 Å². The fourth-order valence-corrected chi connectivity index (χ4v) is 1.54. The van der Waals surface area contributed by atoms with Crippen LogP contribution in [0.2, 0.25) is 0 Å². The molecule has 0 unspecified atom stereocenters. The Morgan fingerprint density at radius 1 is 0.952 bits per heavy atom. The minimum Gasteiger partial charge on any atom is -0.333 e. The van der Waals surface area contributed by atoms with Gasteiger partial charge >= 0.3 is 6.18 Å². The molecule has 0 saturated carbocycles. The molecule has 3 N–H and O–H groups in total. The zero-order valence-electron chi connectivity index (χ0n) is 11.3. The van der Waals surface area contributed by atoms with E-state index in [-0.39, 0.29) is 5.56 Å². The topological polar surface area (TPSA) is 55.1 Å². The molecular formula is C15H15F3N2O. The summed E-state index contributed by atoms with van der Waals surface area (Å²) in [6, 6.07) is 12.8. The van der Waals surface area contributed by atoms with Crippen molar-refractivity contribution in [3.05, 3.63) is 65.7 Å². The summed E-state index contributed by atoms with van der Waals surface area (Å²) in [5, 5.41) is 2.60. The lowest BCUT2D eigenvalue weighted by atomic mass is 10.1. The van der Waals surface area contributed by atoms with Gasteiger partial charge in [0.2, 0.25) is 0 Å². The van der Waals surface area contributed by atoms with Crippen molar-refractivity contribution >= 4 is 11.6 Å². The molecule has 0 aliphatic heterocycles. The molecule has 0 atom stereocenters. The standard InChI is InChI=1S/C14H10F3NO.CH5N/c15-14(16,17)11-8-6-10(7-9-11)13(19)18-12-4-2-1-3-5-12;1-2/h1-9H,(H,18,19);2H2,1H3. The van der Waals surface area contributed by atoms with Gasteiger partial charge < -0.3 is 11.1 Å². The summed E-state index contributed by atoms with van der Waals surface area (Å²) in [5.74, 6) is -0.445. The van der Waals surface area contributed by atoms with Gasteiger partial charge in [-0.25, -0.2) is 0 Å². The van der Waals surface area contributed by atoms with Gasteiger partial charge in [0, 0.05) is 11.3 Å². The average Bonchev–Trinajstić information content (AvgIpc) is 2.49. The molecule has 21 heavy (non-hydrogen) atoms. The number of carbonyl (C=O) groups excluding carboxylic acids is 1. The van der Waals surface area contributed by atoms with Crippen LogP contribution in [0, 0.1) is 0 Å². The lowest BCUT2D eigenvalue weighted by Gasteiger charge is -2.08. The van der Waals surface area contributed by atoms with Gasteiger partial charge in [-0.2, -0.15) is 13.2 Å². The zero-order valence-corrected chi connectivity index (χ0v) is 11.3. The summed E-state index contributed by atoms with van der Waals surface area (Å²) in [6.07, 6.45) is -4.39. The van der Waals surface area contributed by atoms with Crippen molar-refractivity contribution in [1.82, 2.24) is 0 Å². The van der Waals surface area contributed by atoms with E-state index in [1.807, 2.05) is 0 Å². The SMILES string of the molecule is CN.O=C(Nc1ccccc1)c1ccc(C(F)(F)F)cc1. The maximum Gasteiger partial charge on any atom is 0.416 e. The molecule has 0 bridgehead atoms. The number of para-hydroxylation sites is 1. The molecule has 1 amide bonds. The molecule has 0 saturated heterocycles. The fourth-order valence-electron chi connectivity index (χ4n) is 1.54. The highest BCUT2D eigenvalue weighted by molar-refractivity contribution is 6.04. The molecule has 6 heteroatoms. The molecule has 0 aromatic heterocycles. The molecule has 2 rings (SSSR count). The van der Waals surface area contributed by atoms with E-state index in [0.717, 1.165) is 24.3 Å². The maximum absolute atomic E-state index is 12.4. The Balaban J connectivity index is 0.00000106. The summed E-state index contributed by atoms with van der Waals surface area (Å²) in [4.78, 5) is 11.8. The molecule has 0 radical (unpaired) electrons. The van der Waals surface area contributed by atoms with Crippen molar-refractivity contribution < 1.29 is 18.0 Å². The fraction of sp³-hybridized carbons (Fsp3) is 0.133. The van der Waals surface area contributed by atoms with Crippen molar-refractivity contribution in [2.24, 2.45) is 5.73 Å². The molecule has 0 spiro atoms. The number of alkyl halides is 3. The number of amides is 1. The van der Waals surface area contributed by atoms with Crippen LogP contribution in [-0.4, -0.2) is 13.0 Å². The lowest BCUT2D eigenvalue weighted by Crippen LogP contribution is -2.12. The Kier molecular flexibility index (Phi) is 5.92. The van der Waals surface area contributed by atoms with Crippen molar-refractivity contribution in [3.8, 4) is 0 Å². The molecule has 3 nitrogen and oxygen atoms in total. The Hall–Kier alpha value is -2.34. The number of carbonyl (C=O) groups is 1. The minimum atomic E-state index is -4.39. The number of benzene rings is 2. The van der Waals surface area contributed by atoms with Gasteiger partial charge in [-0.05, 0) is 43.4 Å². The number of halogens is 3. The van der Waals surface area contributed by atoms with Crippen molar-refractivity contribution in [1.29, 1.82) is 0 Å². The summed E-state index contributed by atoms with van der Waals surface area (Å²) in [6.45, 7) is 0. The number of rotatable bonds is 2. The smallest absolute Gasteiger partial charge is 0.333 e. The number of hydrogen-bond donors (Lipinski definition) is 2. The van der Waals surface area contributed by atoms with Crippen LogP contribution in [-0.2, 0) is 6.18 Å². The third-order valence-electron chi connectivity index (χ3n) is 2.51. The molecule has 2 aromatic carbocycles. The first-order valence-electron chi connectivity index (χ1n) is 6.08. The Morgan fingerprint density at radius 3 is 1.95 bits per heavy atom. The van der Waals surface area contributed by atoms with Gasteiger partial charge in [0.05, 0.1) is 5.56 Å². The van der Waals surface area contributed by atoms with E-state index in [0.29, 0.717) is 5.69 Å². The van der Waals surface area contributed by atoms with Gasteiger partial charge in [0.1, 0.15) is 0 Å². The van der Waals surface area contributed by atoms with Gasteiger partial charge in [0.25, 0.3) is 5.91 Å². The van der Waals surface area contributed by atoms with E-state index in [1.54, 1.807) is 30.3 Å². The average molecular weight is 296 g/mol. The highest BCUT2D eigenvalue weighted by atomic mass is 19.4. The minimum absolute atomic E-state index is 0.178. The predicted molar refractivity (Wildman–Crippen MR) is 76.0 cm³/mol. The first-order valence-corrected chi connectivity index (χ1v) is 6.08. The highest BCUT2D eigenvalue weighted by Crippen LogP contribution is 2.29. The summed E-state index contributed by atoms with van der Waals surface area (Å²) < 4.78 is 37.1. The Labute approximate surface area is 120 Å². The monoisotopic (exact) mass is 296 g/mol. The first kappa shape index (κ1) is 16.7. The number of nitrogens with one attached hydrogen (secondary N) is 1. The molecule has 0 fully saturated rings. The van der Waals surface area contributed by atoms with Crippen LogP contribution >= 0.6 is 0 Å². The lowest BCUT2D eigenvalue weighted by molar-refractivity contribution is -0.137. The summed E-state index contributed by atoms with van der Waals surface area (Å²) in [5.41, 5.74) is 4.49. The van der Waals surface area contributed by atoms with Crippen LogP contribution in [0.15, 0.2) is 54.6 Å². The van der Waals surface area contributed by atoms with E-state index < -0.39 is 17.6 Å². The third kappa shape index (κ3) is 4.92. The van der Waals surface area contributed by atoms with Crippen molar-refractivity contribution in [2.45, 2.75) is 6.18 Å². The van der Waals surface area contributed by atoms with Crippen LogP contribution in [0.3, 0.4) is 0 Å². The summed E-state index contributed by atoms with van der Waals surface area (Å²) >= 11 is 0. The van der Waals surface area contributed by atoms with Crippen molar-refractivity contribution in [3.63, 3.8) is 0 Å². The van der Waals surface area contributed by atoms with E-state index in [9.17, 15) is 18.0 Å².